The molecule has 0 radical (unpaired) electrons. The van der Waals surface area contributed by atoms with E-state index in [0.717, 1.165) is 24.3 Å². The molecule has 0 saturated heterocycles. The molecule has 0 aromatic heterocycles. The van der Waals surface area contributed by atoms with E-state index in [1.54, 1.807) is 0 Å². The van der Waals surface area contributed by atoms with Crippen molar-refractivity contribution in [3.63, 3.8) is 0 Å². The van der Waals surface area contributed by atoms with Crippen LogP contribution in [0.1, 0.15) is 36.8 Å². The van der Waals surface area contributed by atoms with Gasteiger partial charge in [-0.25, -0.2) is 8.78 Å². The second kappa shape index (κ2) is 6.13. The number of hydrogen-bond donors (Lipinski definition) is 2. The fourth-order valence-corrected chi connectivity index (χ4v) is 2.43. The predicted molar refractivity (Wildman–Crippen MR) is 78.0 cm³/mol. The average Bonchev–Trinajstić information content (AvgIpc) is 2.50. The first-order valence-corrected chi connectivity index (χ1v) is 6.81. The summed E-state index contributed by atoms with van der Waals surface area (Å²) in [5.41, 5.74) is 0.320. The fraction of sp³-hybridized carbons (Fsp3) is 0.235. The Kier molecular flexibility index (Phi) is 4.45. The van der Waals surface area contributed by atoms with Crippen LogP contribution in [-0.2, 0) is 4.79 Å². The van der Waals surface area contributed by atoms with Gasteiger partial charge in [-0.15, -0.1) is 0 Å². The Morgan fingerprint density at radius 3 is 1.59 bits per heavy atom. The molecule has 0 spiro atoms. The summed E-state index contributed by atoms with van der Waals surface area (Å²) in [6.45, 7) is 3.06. The highest BCUT2D eigenvalue weighted by Crippen LogP contribution is 2.34. The molecule has 22 heavy (non-hydrogen) atoms. The first-order valence-electron chi connectivity index (χ1n) is 6.81. The van der Waals surface area contributed by atoms with Crippen LogP contribution < -0.4 is 0 Å². The summed E-state index contributed by atoms with van der Waals surface area (Å²) in [6, 6.07) is 6.74. The largest absolute Gasteiger partial charge is 0.508 e. The van der Waals surface area contributed by atoms with E-state index in [0.29, 0.717) is 0 Å². The van der Waals surface area contributed by atoms with Gasteiger partial charge < -0.3 is 10.2 Å². The fourth-order valence-electron chi connectivity index (χ4n) is 2.43. The molecule has 0 aliphatic heterocycles. The Labute approximate surface area is 126 Å². The van der Waals surface area contributed by atoms with Crippen molar-refractivity contribution in [2.75, 3.05) is 0 Å². The van der Waals surface area contributed by atoms with Crippen molar-refractivity contribution in [1.29, 1.82) is 0 Å². The van der Waals surface area contributed by atoms with Crippen molar-refractivity contribution >= 4 is 5.78 Å². The Morgan fingerprint density at radius 1 is 0.864 bits per heavy atom. The minimum absolute atomic E-state index is 0.160. The van der Waals surface area contributed by atoms with Gasteiger partial charge in [0.2, 0.25) is 0 Å². The third-order valence-electron chi connectivity index (χ3n) is 3.77. The lowest BCUT2D eigenvalue weighted by Crippen LogP contribution is -2.17. The second-order valence-corrected chi connectivity index (χ2v) is 5.25. The summed E-state index contributed by atoms with van der Waals surface area (Å²) in [5, 5.41) is 19.6. The van der Waals surface area contributed by atoms with Crippen LogP contribution >= 0.6 is 0 Å². The number of phenolic OH excluding ortho intramolecular Hbond substituents is 2. The van der Waals surface area contributed by atoms with Crippen molar-refractivity contribution < 1.29 is 23.8 Å². The zero-order chi connectivity index (χ0) is 16.4. The zero-order valence-corrected chi connectivity index (χ0v) is 12.2. The van der Waals surface area contributed by atoms with Gasteiger partial charge in [-0.3, -0.25) is 4.79 Å². The Bertz CT molecular complexity index is 654. The number of hydrogen-bond acceptors (Lipinski definition) is 3. The van der Waals surface area contributed by atoms with Crippen LogP contribution in [0.2, 0.25) is 0 Å². The van der Waals surface area contributed by atoms with E-state index < -0.39 is 23.5 Å². The first kappa shape index (κ1) is 15.9. The second-order valence-electron chi connectivity index (χ2n) is 5.25. The molecular weight excluding hydrogens is 290 g/mol. The van der Waals surface area contributed by atoms with Gasteiger partial charge in [-0.2, -0.15) is 0 Å². The van der Waals surface area contributed by atoms with Crippen LogP contribution in [0, 0.1) is 11.6 Å². The molecule has 0 aliphatic rings. The predicted octanol–water partition coefficient (Wildman–Crippen LogP) is 3.85. The van der Waals surface area contributed by atoms with Gasteiger partial charge in [0.05, 0.1) is 0 Å². The molecule has 0 fully saturated rings. The molecule has 2 N–H and O–H groups in total. The van der Waals surface area contributed by atoms with E-state index in [2.05, 4.69) is 0 Å². The molecule has 0 amide bonds. The lowest BCUT2D eigenvalue weighted by atomic mass is 9.85. The number of Topliss-reactive ketones (excluding diaryl/α,β-unsaturated/α-hetero) is 1. The number of halogens is 2. The molecule has 2 aromatic rings. The third kappa shape index (κ3) is 3.08. The highest BCUT2D eigenvalue weighted by atomic mass is 19.1. The third-order valence-corrected chi connectivity index (χ3v) is 3.77. The van der Waals surface area contributed by atoms with Gasteiger partial charge in [0.1, 0.15) is 28.9 Å². The minimum Gasteiger partial charge on any atom is -0.508 e. The van der Waals surface area contributed by atoms with Crippen LogP contribution in [0.25, 0.3) is 0 Å². The average molecular weight is 306 g/mol. The van der Waals surface area contributed by atoms with Crippen LogP contribution in [0.3, 0.4) is 0 Å². The number of benzene rings is 2. The molecule has 0 heterocycles. The minimum atomic E-state index is -0.798. The van der Waals surface area contributed by atoms with Crippen molar-refractivity contribution in [3.8, 4) is 11.5 Å². The van der Waals surface area contributed by atoms with Crippen LogP contribution in [0.15, 0.2) is 36.4 Å². The standard InChI is InChI=1S/C17H16F2O3/c1-9(13-7-11(18)3-5-15(13)20)17(22)10(2)14-8-12(19)4-6-16(14)21/h3-10,20-21H,1-2H3. The van der Waals surface area contributed by atoms with Crippen molar-refractivity contribution in [1.82, 2.24) is 0 Å². The van der Waals surface area contributed by atoms with Crippen molar-refractivity contribution in [2.24, 2.45) is 0 Å². The maximum atomic E-state index is 13.3. The highest BCUT2D eigenvalue weighted by molar-refractivity contribution is 5.92. The number of carbonyl (C=O) groups excluding carboxylic acids is 1. The van der Waals surface area contributed by atoms with E-state index >= 15 is 0 Å². The maximum Gasteiger partial charge on any atom is 0.147 e. The zero-order valence-electron chi connectivity index (χ0n) is 12.2. The van der Waals surface area contributed by atoms with Crippen molar-refractivity contribution in [3.05, 3.63) is 59.2 Å². The molecule has 2 unspecified atom stereocenters. The highest BCUT2D eigenvalue weighted by Gasteiger charge is 2.27. The first-order chi connectivity index (χ1) is 10.3. The van der Waals surface area contributed by atoms with E-state index in [-0.39, 0.29) is 28.4 Å². The molecule has 3 nitrogen and oxygen atoms in total. The number of ketones is 1. The molecule has 0 saturated carbocycles. The Hall–Kier alpha value is -2.43. The van der Waals surface area contributed by atoms with Crippen molar-refractivity contribution in [2.45, 2.75) is 25.7 Å². The van der Waals surface area contributed by atoms with E-state index in [1.165, 1.54) is 26.0 Å². The van der Waals surface area contributed by atoms with Crippen LogP contribution in [-0.4, -0.2) is 16.0 Å². The van der Waals surface area contributed by atoms with Crippen LogP contribution in [0.4, 0.5) is 8.78 Å². The van der Waals surface area contributed by atoms with Crippen LogP contribution in [0.5, 0.6) is 11.5 Å². The molecule has 116 valence electrons. The quantitative estimate of drug-likeness (QED) is 0.902. The van der Waals surface area contributed by atoms with Gasteiger partial charge in [-0.05, 0) is 36.4 Å². The number of rotatable bonds is 4. The van der Waals surface area contributed by atoms with Gasteiger partial charge >= 0.3 is 0 Å². The summed E-state index contributed by atoms with van der Waals surface area (Å²) in [5.74, 6) is -3.44. The van der Waals surface area contributed by atoms with Gasteiger partial charge in [0.15, 0.2) is 0 Å². The summed E-state index contributed by atoms with van der Waals surface area (Å²) < 4.78 is 26.6. The molecule has 0 bridgehead atoms. The number of aromatic hydroxyl groups is 2. The summed E-state index contributed by atoms with van der Waals surface area (Å²) in [7, 11) is 0. The molecule has 5 heteroatoms. The molecule has 2 atom stereocenters. The lowest BCUT2D eigenvalue weighted by Gasteiger charge is -2.18. The van der Waals surface area contributed by atoms with E-state index in [4.69, 9.17) is 0 Å². The SMILES string of the molecule is CC(C(=O)C(C)c1cc(F)ccc1O)c1cc(F)ccc1O. The Morgan fingerprint density at radius 2 is 1.23 bits per heavy atom. The summed E-state index contributed by atoms with van der Waals surface area (Å²) in [4.78, 5) is 12.5. The van der Waals surface area contributed by atoms with Gasteiger partial charge in [-0.1, -0.05) is 13.8 Å². The molecule has 0 aliphatic carbocycles. The topological polar surface area (TPSA) is 57.5 Å². The van der Waals surface area contributed by atoms with E-state index in [9.17, 15) is 23.8 Å². The van der Waals surface area contributed by atoms with Gasteiger partial charge in [0, 0.05) is 23.0 Å². The number of phenols is 2. The lowest BCUT2D eigenvalue weighted by molar-refractivity contribution is -0.121. The van der Waals surface area contributed by atoms with Gasteiger partial charge in [0.25, 0.3) is 0 Å². The maximum absolute atomic E-state index is 13.3. The molecule has 2 rings (SSSR count). The number of carbonyl (C=O) groups is 1. The summed E-state index contributed by atoms with van der Waals surface area (Å²) in [6.07, 6.45) is 0. The molecular formula is C17H16F2O3. The summed E-state index contributed by atoms with van der Waals surface area (Å²) >= 11 is 0. The Balaban J connectivity index is 2.34. The molecule has 2 aromatic carbocycles. The van der Waals surface area contributed by atoms with E-state index in [1.807, 2.05) is 0 Å². The smallest absolute Gasteiger partial charge is 0.147 e. The monoisotopic (exact) mass is 306 g/mol. The normalized spacial score (nSPS) is 13.6.